The number of rotatable bonds is 4. The van der Waals surface area contributed by atoms with Crippen LogP contribution in [0.15, 0.2) is 127 Å². The van der Waals surface area contributed by atoms with Gasteiger partial charge in [-0.15, -0.1) is 74.6 Å². The van der Waals surface area contributed by atoms with Crippen LogP contribution in [0.2, 0.25) is 0 Å². The molecule has 0 unspecified atom stereocenters. The Kier molecular flexibility index (Phi) is 14.3. The van der Waals surface area contributed by atoms with Crippen molar-refractivity contribution in [3.63, 3.8) is 0 Å². The molecule has 9 rings (SSSR count). The van der Waals surface area contributed by atoms with E-state index in [1.165, 1.54) is 110 Å². The zero-order valence-electron chi connectivity index (χ0n) is 33.8. The first-order chi connectivity index (χ1) is 27.0. The molecule has 8 aromatic rings. The molecular formula is C52H49Cl2SiZr-3. The molecule has 0 bridgehead atoms. The molecule has 4 heteroatoms. The van der Waals surface area contributed by atoms with Gasteiger partial charge in [0, 0.05) is 0 Å². The van der Waals surface area contributed by atoms with Gasteiger partial charge in [-0.25, -0.2) is 0 Å². The zero-order valence-corrected chi connectivity index (χ0v) is 38.8. The summed E-state index contributed by atoms with van der Waals surface area (Å²) < 4.78 is 0. The van der Waals surface area contributed by atoms with E-state index in [0.717, 1.165) is 22.4 Å². The Hall–Kier alpha value is -3.78. The van der Waals surface area contributed by atoms with Crippen LogP contribution in [0.3, 0.4) is 0 Å². The van der Waals surface area contributed by atoms with Gasteiger partial charge in [-0.3, -0.25) is 0 Å². The van der Waals surface area contributed by atoms with E-state index in [-0.39, 0.29) is 0 Å². The van der Waals surface area contributed by atoms with Gasteiger partial charge in [0.25, 0.3) is 0 Å². The Bertz CT molecular complexity index is 2390. The molecule has 0 nitrogen and oxygen atoms in total. The first-order valence-electron chi connectivity index (χ1n) is 19.4. The van der Waals surface area contributed by atoms with Crippen molar-refractivity contribution in [2.75, 3.05) is 0 Å². The molecule has 1 aliphatic heterocycles. The Morgan fingerprint density at radius 1 is 0.554 bits per heavy atom. The monoisotopic (exact) mass is 861 g/mol. The van der Waals surface area contributed by atoms with Crippen molar-refractivity contribution in [2.24, 2.45) is 0 Å². The summed E-state index contributed by atoms with van der Waals surface area (Å²) in [5.74, 6) is 0. The fourth-order valence-corrected chi connectivity index (χ4v) is 9.35. The second-order valence-electron chi connectivity index (χ2n) is 14.9. The van der Waals surface area contributed by atoms with Gasteiger partial charge >= 0.3 is 37.9 Å². The fraction of sp³-hybridized carbons (Fsp3) is 0.192. The Morgan fingerprint density at radius 3 is 1.46 bits per heavy atom. The molecule has 8 aromatic carbocycles. The summed E-state index contributed by atoms with van der Waals surface area (Å²) in [4.78, 5) is 0. The van der Waals surface area contributed by atoms with E-state index in [9.17, 15) is 0 Å². The Balaban J connectivity index is 0.000000140. The van der Waals surface area contributed by atoms with Crippen molar-refractivity contribution < 1.29 is 20.8 Å². The molecule has 0 fully saturated rings. The largest absolute Gasteiger partial charge is 0.184 e. The van der Waals surface area contributed by atoms with Crippen LogP contribution >= 0.6 is 17.0 Å². The first-order valence-corrected chi connectivity index (χ1v) is 26.7. The second kappa shape index (κ2) is 19.1. The van der Waals surface area contributed by atoms with Gasteiger partial charge in [0.1, 0.15) is 0 Å². The van der Waals surface area contributed by atoms with E-state index in [1.807, 2.05) is 6.07 Å². The molecule has 0 saturated carbocycles. The number of aryl methyl sites for hydroxylation is 8. The molecule has 0 aliphatic carbocycles. The maximum Gasteiger partial charge on any atom is 0.0920 e. The summed E-state index contributed by atoms with van der Waals surface area (Å²) in [7, 11) is 10.7. The zero-order chi connectivity index (χ0) is 39.9. The first kappa shape index (κ1) is 41.8. The molecule has 56 heavy (non-hydrogen) atoms. The minimum Gasteiger partial charge on any atom is -0.184 e. The average molecular weight is 864 g/mol. The molecular weight excluding hydrogens is 815 g/mol. The molecule has 1 heterocycles. The minimum absolute atomic E-state index is 0.795. The molecule has 0 aromatic heterocycles. The molecule has 0 N–H and O–H groups in total. The van der Waals surface area contributed by atoms with Gasteiger partial charge in [-0.05, 0) is 65.5 Å². The van der Waals surface area contributed by atoms with E-state index in [2.05, 4.69) is 183 Å². The standard InChI is InChI=1S/2C20H21.C12H7Si.2ClH.Zr/c2*1-5-16-11-17-7-6-15(4)20(19(17)12-16)18-9-13(2)8-14(3)10-18;1-3-7-11-9(5-1)10-6-2-4-8-12(10)13-11;;;/h2*6-12H,5H2,1-4H3;1-7H;2*1H;/q3*-1;;;+2/p-2. The van der Waals surface area contributed by atoms with Crippen molar-refractivity contribution >= 4 is 58.5 Å². The molecule has 0 atom stereocenters. The molecule has 1 aliphatic rings. The minimum atomic E-state index is -0.826. The molecule has 282 valence electrons. The Labute approximate surface area is 356 Å². The number of halogens is 2. The topological polar surface area (TPSA) is 0 Å². The van der Waals surface area contributed by atoms with Crippen LogP contribution in [-0.2, 0) is 33.7 Å². The summed E-state index contributed by atoms with van der Waals surface area (Å²) in [6.07, 6.45) is 2.19. The van der Waals surface area contributed by atoms with Crippen LogP contribution in [0.25, 0.3) is 54.9 Å². The summed E-state index contributed by atoms with van der Waals surface area (Å²) in [6, 6.07) is 50.2. The van der Waals surface area contributed by atoms with Crippen LogP contribution < -0.4 is 10.4 Å². The van der Waals surface area contributed by atoms with Crippen LogP contribution in [0.1, 0.15) is 58.4 Å². The van der Waals surface area contributed by atoms with Gasteiger partial charge in [-0.1, -0.05) is 130 Å². The third-order valence-electron chi connectivity index (χ3n) is 10.5. The SMILES string of the molecule is CCc1cc2c(-c3cc(C)cc(C)c3)c(C)ccc2[cH-]1.CCc1cc2c(-c3cc(C)cc(C)c3)c(C)ccc2[cH-]1.[Cl][Zr][Cl].[c-]1cccc2c1[Si]c1ccccc1-2. The summed E-state index contributed by atoms with van der Waals surface area (Å²) in [6.45, 7) is 17.6. The van der Waals surface area contributed by atoms with Gasteiger partial charge in [0.05, 0.1) is 9.52 Å². The normalized spacial score (nSPS) is 11.1. The quantitative estimate of drug-likeness (QED) is 0.122. The maximum atomic E-state index is 4.93. The van der Waals surface area contributed by atoms with Gasteiger partial charge in [0.15, 0.2) is 0 Å². The van der Waals surface area contributed by atoms with E-state index in [0.29, 0.717) is 0 Å². The summed E-state index contributed by atoms with van der Waals surface area (Å²) in [5, 5.41) is 8.34. The predicted octanol–water partition coefficient (Wildman–Crippen LogP) is 13.9. The third kappa shape index (κ3) is 9.66. The number of fused-ring (bicyclic) bond motifs is 5. The van der Waals surface area contributed by atoms with Gasteiger partial charge in [-0.2, -0.15) is 41.6 Å². The average Bonchev–Trinajstić information content (AvgIpc) is 3.90. The number of hydrogen-bond donors (Lipinski definition) is 0. The maximum absolute atomic E-state index is 4.93. The van der Waals surface area contributed by atoms with Gasteiger partial charge in [0.2, 0.25) is 0 Å². The van der Waals surface area contributed by atoms with E-state index in [1.54, 1.807) is 0 Å². The summed E-state index contributed by atoms with van der Waals surface area (Å²) in [5.41, 5.74) is 19.2. The van der Waals surface area contributed by atoms with Crippen LogP contribution in [0.4, 0.5) is 0 Å². The van der Waals surface area contributed by atoms with E-state index in [4.69, 9.17) is 17.0 Å². The van der Waals surface area contributed by atoms with Crippen molar-refractivity contribution in [1.29, 1.82) is 0 Å². The number of hydrogen-bond acceptors (Lipinski definition) is 0. The van der Waals surface area contributed by atoms with Crippen molar-refractivity contribution in [3.8, 4) is 33.4 Å². The van der Waals surface area contributed by atoms with Crippen LogP contribution in [0.5, 0.6) is 0 Å². The Morgan fingerprint density at radius 2 is 1.00 bits per heavy atom. The molecule has 0 amide bonds. The molecule has 0 saturated heterocycles. The fourth-order valence-electron chi connectivity index (χ4n) is 8.04. The molecule has 0 spiro atoms. The summed E-state index contributed by atoms with van der Waals surface area (Å²) >= 11 is -0.826. The van der Waals surface area contributed by atoms with Crippen molar-refractivity contribution in [1.82, 2.24) is 0 Å². The van der Waals surface area contributed by atoms with Crippen LogP contribution in [0, 0.1) is 47.6 Å². The van der Waals surface area contributed by atoms with Crippen LogP contribution in [-0.4, -0.2) is 9.52 Å². The second-order valence-corrected chi connectivity index (χ2v) is 19.9. The van der Waals surface area contributed by atoms with Crippen molar-refractivity contribution in [2.45, 2.75) is 68.2 Å². The smallest absolute Gasteiger partial charge is 0.0920 e. The number of benzene rings is 6. The van der Waals surface area contributed by atoms with Crippen molar-refractivity contribution in [3.05, 3.63) is 178 Å². The van der Waals surface area contributed by atoms with Gasteiger partial charge < -0.3 is 0 Å². The third-order valence-corrected chi connectivity index (χ3v) is 11.9. The molecule has 2 radical (unpaired) electrons. The van der Waals surface area contributed by atoms with E-state index < -0.39 is 20.8 Å². The van der Waals surface area contributed by atoms with E-state index >= 15 is 0 Å². The predicted molar refractivity (Wildman–Crippen MR) is 245 cm³/mol.